The molecule has 0 saturated heterocycles. The summed E-state index contributed by atoms with van der Waals surface area (Å²) in [6.07, 6.45) is 0.137. The second-order valence-corrected chi connectivity index (χ2v) is 6.10. The molecule has 0 atom stereocenters. The lowest BCUT2D eigenvalue weighted by Gasteiger charge is -2.21. The van der Waals surface area contributed by atoms with E-state index in [-0.39, 0.29) is 25.1 Å². The molecule has 5 heteroatoms. The van der Waals surface area contributed by atoms with Gasteiger partial charge in [0.05, 0.1) is 12.7 Å². The van der Waals surface area contributed by atoms with Gasteiger partial charge in [-0.05, 0) is 37.1 Å². The Bertz CT molecular complexity index is 695. The number of benzene rings is 2. The number of nitrogens with zero attached hydrogens (tertiary/aromatic N) is 1. The van der Waals surface area contributed by atoms with E-state index in [1.165, 1.54) is 4.90 Å². The third kappa shape index (κ3) is 6.04. The molecule has 2 aromatic carbocycles. The van der Waals surface area contributed by atoms with Crippen molar-refractivity contribution in [1.29, 1.82) is 0 Å². The van der Waals surface area contributed by atoms with E-state index in [9.17, 15) is 9.59 Å². The molecule has 5 nitrogen and oxygen atoms in total. The number of ether oxygens (including phenoxy) is 1. The Labute approximate surface area is 147 Å². The number of carboxylic acid groups (broad SMARTS) is 1. The monoisotopic (exact) mass is 341 g/mol. The first-order valence-electron chi connectivity index (χ1n) is 8.21. The molecule has 2 aromatic rings. The van der Waals surface area contributed by atoms with Gasteiger partial charge in [-0.15, -0.1) is 0 Å². The average molecular weight is 341 g/mol. The highest BCUT2D eigenvalue weighted by atomic mass is 16.5. The van der Waals surface area contributed by atoms with Gasteiger partial charge < -0.3 is 14.7 Å². The van der Waals surface area contributed by atoms with Crippen LogP contribution < -0.4 is 0 Å². The SMILES string of the molecule is CC(C)OCc1ccc(C(=O)N(CC(=O)O)Cc2ccccc2)cc1. The van der Waals surface area contributed by atoms with Gasteiger partial charge >= 0.3 is 5.97 Å². The predicted molar refractivity (Wildman–Crippen MR) is 95.2 cm³/mol. The lowest BCUT2D eigenvalue weighted by atomic mass is 10.1. The van der Waals surface area contributed by atoms with E-state index >= 15 is 0 Å². The Morgan fingerprint density at radius 3 is 2.20 bits per heavy atom. The number of carboxylic acids is 1. The largest absolute Gasteiger partial charge is 0.480 e. The zero-order valence-electron chi connectivity index (χ0n) is 14.5. The Morgan fingerprint density at radius 2 is 1.64 bits per heavy atom. The Kier molecular flexibility index (Phi) is 6.71. The van der Waals surface area contributed by atoms with Crippen LogP contribution in [0.2, 0.25) is 0 Å². The maximum absolute atomic E-state index is 12.7. The van der Waals surface area contributed by atoms with Crippen molar-refractivity contribution in [3.63, 3.8) is 0 Å². The number of rotatable bonds is 8. The molecule has 1 N–H and O–H groups in total. The summed E-state index contributed by atoms with van der Waals surface area (Å²) in [5.41, 5.74) is 2.32. The highest BCUT2D eigenvalue weighted by Crippen LogP contribution is 2.12. The molecule has 0 spiro atoms. The van der Waals surface area contributed by atoms with Crippen LogP contribution in [0.15, 0.2) is 54.6 Å². The molecule has 0 aliphatic rings. The van der Waals surface area contributed by atoms with E-state index in [0.29, 0.717) is 12.2 Å². The summed E-state index contributed by atoms with van der Waals surface area (Å²) in [7, 11) is 0. The van der Waals surface area contributed by atoms with Crippen LogP contribution >= 0.6 is 0 Å². The van der Waals surface area contributed by atoms with Crippen LogP contribution in [0.1, 0.15) is 35.3 Å². The van der Waals surface area contributed by atoms with Gasteiger partial charge in [0.15, 0.2) is 0 Å². The normalized spacial score (nSPS) is 10.7. The van der Waals surface area contributed by atoms with Gasteiger partial charge in [0.1, 0.15) is 6.54 Å². The molecule has 2 rings (SSSR count). The summed E-state index contributed by atoms with van der Waals surface area (Å²) in [5.74, 6) is -1.34. The molecule has 0 unspecified atom stereocenters. The van der Waals surface area contributed by atoms with Crippen molar-refractivity contribution in [3.05, 3.63) is 71.3 Å². The number of aliphatic carboxylic acids is 1. The van der Waals surface area contributed by atoms with Gasteiger partial charge in [0.25, 0.3) is 5.91 Å². The zero-order chi connectivity index (χ0) is 18.2. The minimum atomic E-state index is -1.04. The van der Waals surface area contributed by atoms with Crippen LogP contribution in [0.5, 0.6) is 0 Å². The molecular weight excluding hydrogens is 318 g/mol. The van der Waals surface area contributed by atoms with Crippen molar-refractivity contribution < 1.29 is 19.4 Å². The highest BCUT2D eigenvalue weighted by molar-refractivity contribution is 5.95. The number of amides is 1. The molecule has 0 heterocycles. The summed E-state index contributed by atoms with van der Waals surface area (Å²) in [6.45, 7) is 4.32. The fourth-order valence-electron chi connectivity index (χ4n) is 2.36. The average Bonchev–Trinajstić information content (AvgIpc) is 2.60. The topological polar surface area (TPSA) is 66.8 Å². The molecule has 0 fully saturated rings. The van der Waals surface area contributed by atoms with Crippen molar-refractivity contribution in [2.45, 2.75) is 33.1 Å². The van der Waals surface area contributed by atoms with Crippen molar-refractivity contribution in [2.75, 3.05) is 6.54 Å². The van der Waals surface area contributed by atoms with Crippen LogP contribution in [-0.2, 0) is 22.7 Å². The van der Waals surface area contributed by atoms with Crippen LogP contribution in [-0.4, -0.2) is 34.5 Å². The number of hydrogen-bond acceptors (Lipinski definition) is 3. The van der Waals surface area contributed by atoms with Crippen molar-refractivity contribution >= 4 is 11.9 Å². The van der Waals surface area contributed by atoms with Gasteiger partial charge in [-0.25, -0.2) is 0 Å². The van der Waals surface area contributed by atoms with Crippen molar-refractivity contribution in [2.24, 2.45) is 0 Å². The first-order chi connectivity index (χ1) is 12.0. The fourth-order valence-corrected chi connectivity index (χ4v) is 2.36. The van der Waals surface area contributed by atoms with Gasteiger partial charge in [0.2, 0.25) is 0 Å². The van der Waals surface area contributed by atoms with E-state index in [4.69, 9.17) is 9.84 Å². The molecular formula is C20H23NO4. The molecule has 132 valence electrons. The Balaban J connectivity index is 2.11. The first-order valence-corrected chi connectivity index (χ1v) is 8.21. The minimum Gasteiger partial charge on any atom is -0.480 e. The second-order valence-electron chi connectivity index (χ2n) is 6.10. The summed E-state index contributed by atoms with van der Waals surface area (Å²) >= 11 is 0. The maximum atomic E-state index is 12.7. The van der Waals surface area contributed by atoms with E-state index in [1.807, 2.05) is 56.3 Å². The van der Waals surface area contributed by atoms with Crippen LogP contribution in [0, 0.1) is 0 Å². The standard InChI is InChI=1S/C20H23NO4/c1-15(2)25-14-17-8-10-18(11-9-17)20(24)21(13-19(22)23)12-16-6-4-3-5-7-16/h3-11,15H,12-14H2,1-2H3,(H,22,23). The maximum Gasteiger partial charge on any atom is 0.323 e. The number of carbonyl (C=O) groups is 2. The minimum absolute atomic E-state index is 0.137. The molecule has 0 aliphatic carbocycles. The lowest BCUT2D eigenvalue weighted by molar-refractivity contribution is -0.137. The van der Waals surface area contributed by atoms with Gasteiger partial charge in [-0.2, -0.15) is 0 Å². The molecule has 1 amide bonds. The lowest BCUT2D eigenvalue weighted by Crippen LogP contribution is -2.35. The molecule has 0 radical (unpaired) electrons. The quantitative estimate of drug-likeness (QED) is 0.800. The van der Waals surface area contributed by atoms with Crippen molar-refractivity contribution in [3.8, 4) is 0 Å². The molecule has 0 saturated carbocycles. The van der Waals surface area contributed by atoms with Crippen molar-refractivity contribution in [1.82, 2.24) is 4.90 Å². The van der Waals surface area contributed by atoms with E-state index < -0.39 is 5.97 Å². The zero-order valence-corrected chi connectivity index (χ0v) is 14.5. The Morgan fingerprint density at radius 1 is 1.00 bits per heavy atom. The van der Waals surface area contributed by atoms with Gasteiger partial charge in [-0.1, -0.05) is 42.5 Å². The highest BCUT2D eigenvalue weighted by Gasteiger charge is 2.19. The number of hydrogen-bond donors (Lipinski definition) is 1. The van der Waals surface area contributed by atoms with Gasteiger partial charge in [0, 0.05) is 12.1 Å². The van der Waals surface area contributed by atoms with Crippen LogP contribution in [0.3, 0.4) is 0 Å². The Hall–Kier alpha value is -2.66. The summed E-state index contributed by atoms with van der Waals surface area (Å²) in [6, 6.07) is 16.4. The smallest absolute Gasteiger partial charge is 0.323 e. The number of carbonyl (C=O) groups excluding carboxylic acids is 1. The molecule has 0 bridgehead atoms. The summed E-state index contributed by atoms with van der Waals surface area (Å²) in [5, 5.41) is 9.11. The molecule has 25 heavy (non-hydrogen) atoms. The van der Waals surface area contributed by atoms with E-state index in [2.05, 4.69) is 0 Å². The third-order valence-corrected chi connectivity index (χ3v) is 3.61. The predicted octanol–water partition coefficient (Wildman–Crippen LogP) is 3.34. The second kappa shape index (κ2) is 8.99. The van der Waals surface area contributed by atoms with Crippen LogP contribution in [0.25, 0.3) is 0 Å². The van der Waals surface area contributed by atoms with Crippen LogP contribution in [0.4, 0.5) is 0 Å². The van der Waals surface area contributed by atoms with E-state index in [1.54, 1.807) is 12.1 Å². The third-order valence-electron chi connectivity index (χ3n) is 3.61. The molecule has 0 aromatic heterocycles. The summed E-state index contributed by atoms with van der Waals surface area (Å²) < 4.78 is 5.53. The van der Waals surface area contributed by atoms with Gasteiger partial charge in [-0.3, -0.25) is 9.59 Å². The fraction of sp³-hybridized carbons (Fsp3) is 0.300. The van der Waals surface area contributed by atoms with E-state index in [0.717, 1.165) is 11.1 Å². The summed E-state index contributed by atoms with van der Waals surface area (Å²) in [4.78, 5) is 25.2. The molecule has 0 aliphatic heterocycles. The first kappa shape index (κ1) is 18.7.